The summed E-state index contributed by atoms with van der Waals surface area (Å²) in [6.45, 7) is 2.35. The van der Waals surface area contributed by atoms with Gasteiger partial charge in [0.05, 0.1) is 0 Å². The SMILES string of the molecule is CCC(NC1CCC(N)CC1)C1CCCCC1. The van der Waals surface area contributed by atoms with Crippen LogP contribution in [0.25, 0.3) is 0 Å². The smallest absolute Gasteiger partial charge is 0.00952 e. The molecule has 1 atom stereocenters. The molecule has 2 aliphatic rings. The maximum atomic E-state index is 5.98. The Hall–Kier alpha value is -0.0800. The van der Waals surface area contributed by atoms with Crippen molar-refractivity contribution >= 4 is 0 Å². The van der Waals surface area contributed by atoms with Gasteiger partial charge < -0.3 is 11.1 Å². The van der Waals surface area contributed by atoms with Crippen molar-refractivity contribution in [3.8, 4) is 0 Å². The van der Waals surface area contributed by atoms with Crippen molar-refractivity contribution < 1.29 is 0 Å². The van der Waals surface area contributed by atoms with Crippen LogP contribution in [0, 0.1) is 5.92 Å². The van der Waals surface area contributed by atoms with Gasteiger partial charge in [0.15, 0.2) is 0 Å². The van der Waals surface area contributed by atoms with Gasteiger partial charge in [-0.2, -0.15) is 0 Å². The lowest BCUT2D eigenvalue weighted by molar-refractivity contribution is 0.222. The first-order valence-electron chi connectivity index (χ1n) is 7.81. The number of rotatable bonds is 4. The molecule has 3 N–H and O–H groups in total. The van der Waals surface area contributed by atoms with E-state index >= 15 is 0 Å². The van der Waals surface area contributed by atoms with Crippen molar-refractivity contribution in [2.45, 2.75) is 89.3 Å². The predicted octanol–water partition coefficient (Wildman–Crippen LogP) is 3.20. The third-order valence-electron chi connectivity index (χ3n) is 4.88. The number of nitrogens with two attached hydrogens (primary N) is 1. The molecule has 0 amide bonds. The molecule has 0 aromatic heterocycles. The van der Waals surface area contributed by atoms with E-state index in [9.17, 15) is 0 Å². The Morgan fingerprint density at radius 2 is 1.65 bits per heavy atom. The lowest BCUT2D eigenvalue weighted by atomic mass is 9.81. The minimum Gasteiger partial charge on any atom is -0.328 e. The second-order valence-electron chi connectivity index (χ2n) is 6.19. The van der Waals surface area contributed by atoms with Crippen LogP contribution in [0.2, 0.25) is 0 Å². The molecule has 2 nitrogen and oxygen atoms in total. The molecule has 2 saturated carbocycles. The van der Waals surface area contributed by atoms with Crippen molar-refractivity contribution in [3.05, 3.63) is 0 Å². The van der Waals surface area contributed by atoms with Gasteiger partial charge in [0.2, 0.25) is 0 Å². The molecule has 0 aromatic rings. The summed E-state index contributed by atoms with van der Waals surface area (Å²) in [5.74, 6) is 0.948. The first-order valence-corrected chi connectivity index (χ1v) is 7.81. The van der Waals surface area contributed by atoms with Gasteiger partial charge in [-0.05, 0) is 50.9 Å². The van der Waals surface area contributed by atoms with Crippen molar-refractivity contribution in [1.82, 2.24) is 5.32 Å². The molecule has 0 radical (unpaired) electrons. The van der Waals surface area contributed by atoms with Gasteiger partial charge in [-0.15, -0.1) is 0 Å². The fourth-order valence-corrected chi connectivity index (χ4v) is 3.71. The minimum absolute atomic E-state index is 0.475. The monoisotopic (exact) mass is 238 g/mol. The Morgan fingerprint density at radius 3 is 2.24 bits per heavy atom. The summed E-state index contributed by atoms with van der Waals surface area (Å²) in [5, 5.41) is 3.94. The lowest BCUT2D eigenvalue weighted by Crippen LogP contribution is -2.46. The topological polar surface area (TPSA) is 38.0 Å². The van der Waals surface area contributed by atoms with E-state index in [1.807, 2.05) is 0 Å². The molecule has 2 fully saturated rings. The highest BCUT2D eigenvalue weighted by Gasteiger charge is 2.26. The molecule has 0 aliphatic heterocycles. The molecule has 2 heteroatoms. The summed E-state index contributed by atoms with van der Waals surface area (Å²) in [6.07, 6.45) is 13.6. The van der Waals surface area contributed by atoms with Crippen LogP contribution in [0.15, 0.2) is 0 Å². The molecule has 0 heterocycles. The highest BCUT2D eigenvalue weighted by molar-refractivity contribution is 4.85. The standard InChI is InChI=1S/C15H30N2/c1-2-15(12-6-4-3-5-7-12)17-14-10-8-13(16)9-11-14/h12-15,17H,2-11,16H2,1H3. The van der Waals surface area contributed by atoms with Crippen molar-refractivity contribution in [1.29, 1.82) is 0 Å². The van der Waals surface area contributed by atoms with Crippen LogP contribution in [-0.4, -0.2) is 18.1 Å². The summed E-state index contributed by atoms with van der Waals surface area (Å²) in [7, 11) is 0. The molecule has 0 aromatic carbocycles. The zero-order chi connectivity index (χ0) is 12.1. The Balaban J connectivity index is 1.78. The van der Waals surface area contributed by atoms with E-state index in [4.69, 9.17) is 5.73 Å². The normalized spacial score (nSPS) is 33.5. The summed E-state index contributed by atoms with van der Waals surface area (Å²) in [5.41, 5.74) is 5.98. The summed E-state index contributed by atoms with van der Waals surface area (Å²) in [4.78, 5) is 0. The maximum Gasteiger partial charge on any atom is 0.00952 e. The highest BCUT2D eigenvalue weighted by Crippen LogP contribution is 2.29. The van der Waals surface area contributed by atoms with Crippen LogP contribution in [0.4, 0.5) is 0 Å². The van der Waals surface area contributed by atoms with Crippen LogP contribution >= 0.6 is 0 Å². The molecular formula is C15H30N2. The zero-order valence-corrected chi connectivity index (χ0v) is 11.5. The Labute approximate surface area is 107 Å². The van der Waals surface area contributed by atoms with E-state index in [0.717, 1.165) is 18.0 Å². The van der Waals surface area contributed by atoms with Crippen molar-refractivity contribution in [2.75, 3.05) is 0 Å². The van der Waals surface area contributed by atoms with E-state index in [-0.39, 0.29) is 0 Å². The summed E-state index contributed by atoms with van der Waals surface area (Å²) >= 11 is 0. The quantitative estimate of drug-likeness (QED) is 0.789. The third-order valence-corrected chi connectivity index (χ3v) is 4.88. The van der Waals surface area contributed by atoms with Gasteiger partial charge in [-0.25, -0.2) is 0 Å². The van der Waals surface area contributed by atoms with Gasteiger partial charge in [-0.1, -0.05) is 26.2 Å². The number of nitrogens with one attached hydrogen (secondary N) is 1. The van der Waals surface area contributed by atoms with Crippen LogP contribution in [0.5, 0.6) is 0 Å². The van der Waals surface area contributed by atoms with Gasteiger partial charge in [0.1, 0.15) is 0 Å². The van der Waals surface area contributed by atoms with E-state index in [0.29, 0.717) is 6.04 Å². The first-order chi connectivity index (χ1) is 8.29. The maximum absolute atomic E-state index is 5.98. The van der Waals surface area contributed by atoms with Gasteiger partial charge in [-0.3, -0.25) is 0 Å². The fraction of sp³-hybridized carbons (Fsp3) is 1.00. The predicted molar refractivity (Wildman–Crippen MR) is 74.0 cm³/mol. The molecule has 0 bridgehead atoms. The van der Waals surface area contributed by atoms with Crippen LogP contribution in [0.1, 0.15) is 71.1 Å². The zero-order valence-electron chi connectivity index (χ0n) is 11.5. The molecule has 100 valence electrons. The second kappa shape index (κ2) is 6.75. The van der Waals surface area contributed by atoms with E-state index in [1.165, 1.54) is 64.2 Å². The third kappa shape index (κ3) is 3.96. The van der Waals surface area contributed by atoms with Crippen molar-refractivity contribution in [2.24, 2.45) is 11.7 Å². The Kier molecular flexibility index (Phi) is 5.30. The largest absolute Gasteiger partial charge is 0.328 e. The Bertz CT molecular complexity index is 203. The molecule has 0 spiro atoms. The van der Waals surface area contributed by atoms with E-state index in [2.05, 4.69) is 12.2 Å². The molecule has 1 unspecified atom stereocenters. The van der Waals surface area contributed by atoms with Gasteiger partial charge in [0.25, 0.3) is 0 Å². The van der Waals surface area contributed by atoms with Crippen LogP contribution in [-0.2, 0) is 0 Å². The lowest BCUT2D eigenvalue weighted by Gasteiger charge is -2.36. The number of hydrogen-bond donors (Lipinski definition) is 2. The van der Waals surface area contributed by atoms with Gasteiger partial charge in [0, 0.05) is 18.1 Å². The molecule has 2 rings (SSSR count). The highest BCUT2D eigenvalue weighted by atomic mass is 15.0. The van der Waals surface area contributed by atoms with Gasteiger partial charge >= 0.3 is 0 Å². The number of hydrogen-bond acceptors (Lipinski definition) is 2. The van der Waals surface area contributed by atoms with E-state index in [1.54, 1.807) is 0 Å². The summed E-state index contributed by atoms with van der Waals surface area (Å²) < 4.78 is 0. The van der Waals surface area contributed by atoms with Crippen molar-refractivity contribution in [3.63, 3.8) is 0 Å². The molecule has 2 aliphatic carbocycles. The molecular weight excluding hydrogens is 208 g/mol. The average molecular weight is 238 g/mol. The fourth-order valence-electron chi connectivity index (χ4n) is 3.71. The van der Waals surface area contributed by atoms with E-state index < -0.39 is 0 Å². The average Bonchev–Trinajstić information content (AvgIpc) is 2.39. The second-order valence-corrected chi connectivity index (χ2v) is 6.19. The van der Waals surface area contributed by atoms with Crippen LogP contribution < -0.4 is 11.1 Å². The minimum atomic E-state index is 0.475. The van der Waals surface area contributed by atoms with Crippen LogP contribution in [0.3, 0.4) is 0 Å². The molecule has 0 saturated heterocycles. The Morgan fingerprint density at radius 1 is 1.00 bits per heavy atom. The first kappa shape index (κ1) is 13.4. The molecule has 17 heavy (non-hydrogen) atoms. The summed E-state index contributed by atoms with van der Waals surface area (Å²) in [6, 6.07) is 2.00.